The summed E-state index contributed by atoms with van der Waals surface area (Å²) in [7, 11) is 0. The number of hydrogen-bond donors (Lipinski definition) is 1. The molecule has 0 atom stereocenters. The van der Waals surface area contributed by atoms with E-state index >= 15 is 0 Å². The second-order valence-corrected chi connectivity index (χ2v) is 4.57. The number of hydrogen-bond acceptors (Lipinski definition) is 6. The Kier molecular flexibility index (Phi) is 15.6. The van der Waals surface area contributed by atoms with Gasteiger partial charge in [-0.2, -0.15) is 0 Å². The third kappa shape index (κ3) is 15.4. The minimum Gasteiger partial charge on any atom is -0.379 e. The minimum absolute atomic E-state index is 0.0255. The van der Waals surface area contributed by atoms with E-state index in [1.165, 1.54) is 0 Å². The van der Waals surface area contributed by atoms with E-state index in [0.717, 1.165) is 6.42 Å². The Morgan fingerprint density at radius 2 is 1.36 bits per heavy atom. The third-order valence-electron chi connectivity index (χ3n) is 2.55. The number of rotatable bonds is 16. The number of carbonyl (C=O) groups is 2. The van der Waals surface area contributed by atoms with E-state index in [0.29, 0.717) is 52.6 Å². The largest absolute Gasteiger partial charge is 0.379 e. The summed E-state index contributed by atoms with van der Waals surface area (Å²) in [6.45, 7) is 7.22. The molecule has 22 heavy (non-hydrogen) atoms. The first-order valence-corrected chi connectivity index (χ1v) is 7.80. The minimum atomic E-state index is -0.177. The van der Waals surface area contributed by atoms with Crippen LogP contribution in [0.4, 0.5) is 0 Å². The van der Waals surface area contributed by atoms with Gasteiger partial charge in [-0.05, 0) is 6.42 Å². The lowest BCUT2D eigenvalue weighted by Gasteiger charge is -2.08. The van der Waals surface area contributed by atoms with E-state index in [1.54, 1.807) is 6.92 Å². The molecule has 0 spiro atoms. The maximum atomic E-state index is 11.4. The van der Waals surface area contributed by atoms with Crippen LogP contribution >= 0.6 is 0 Å². The first-order valence-electron chi connectivity index (χ1n) is 7.80. The van der Waals surface area contributed by atoms with E-state index in [1.807, 2.05) is 6.92 Å². The molecule has 130 valence electrons. The van der Waals surface area contributed by atoms with Gasteiger partial charge >= 0.3 is 0 Å². The van der Waals surface area contributed by atoms with Crippen molar-refractivity contribution < 1.29 is 28.5 Å². The summed E-state index contributed by atoms with van der Waals surface area (Å²) in [6.07, 6.45) is 1.46. The van der Waals surface area contributed by atoms with Crippen LogP contribution in [0.1, 0.15) is 26.7 Å². The number of ketones is 1. The predicted octanol–water partition coefficient (Wildman–Crippen LogP) is 0.558. The molecule has 0 bridgehead atoms. The van der Waals surface area contributed by atoms with E-state index < -0.39 is 0 Å². The van der Waals surface area contributed by atoms with Crippen molar-refractivity contribution in [3.8, 4) is 0 Å². The second-order valence-electron chi connectivity index (χ2n) is 4.57. The summed E-state index contributed by atoms with van der Waals surface area (Å²) in [5, 5.41) is 2.68. The SMILES string of the molecule is CCCOCCOCC(=O)NCCOCCOCC(=O)CC. The quantitative estimate of drug-likeness (QED) is 0.419. The topological polar surface area (TPSA) is 83.1 Å². The summed E-state index contributed by atoms with van der Waals surface area (Å²) >= 11 is 0. The van der Waals surface area contributed by atoms with Gasteiger partial charge in [-0.1, -0.05) is 13.8 Å². The van der Waals surface area contributed by atoms with E-state index in [4.69, 9.17) is 18.9 Å². The van der Waals surface area contributed by atoms with Crippen LogP contribution in [0.15, 0.2) is 0 Å². The zero-order valence-electron chi connectivity index (χ0n) is 13.7. The zero-order chi connectivity index (χ0) is 16.5. The molecule has 7 nitrogen and oxygen atoms in total. The van der Waals surface area contributed by atoms with Crippen LogP contribution in [-0.2, 0) is 28.5 Å². The smallest absolute Gasteiger partial charge is 0.246 e. The molecule has 1 N–H and O–H groups in total. The van der Waals surface area contributed by atoms with Gasteiger partial charge in [0.25, 0.3) is 0 Å². The molecule has 0 aliphatic carbocycles. The van der Waals surface area contributed by atoms with Crippen molar-refractivity contribution in [2.24, 2.45) is 0 Å². The Labute approximate surface area is 132 Å². The molecular formula is C15H29NO6. The van der Waals surface area contributed by atoms with Gasteiger partial charge in [-0.3, -0.25) is 9.59 Å². The van der Waals surface area contributed by atoms with Crippen molar-refractivity contribution in [2.75, 3.05) is 59.4 Å². The molecule has 0 heterocycles. The highest BCUT2D eigenvalue weighted by molar-refractivity contribution is 5.79. The molecule has 0 aromatic heterocycles. The highest BCUT2D eigenvalue weighted by Gasteiger charge is 2.01. The zero-order valence-corrected chi connectivity index (χ0v) is 13.7. The Balaban J connectivity index is 3.20. The summed E-state index contributed by atoms with van der Waals surface area (Å²) < 4.78 is 20.7. The molecule has 0 aromatic rings. The normalized spacial score (nSPS) is 10.6. The fourth-order valence-electron chi connectivity index (χ4n) is 1.35. The Morgan fingerprint density at radius 1 is 0.773 bits per heavy atom. The van der Waals surface area contributed by atoms with E-state index in [-0.39, 0.29) is 24.9 Å². The van der Waals surface area contributed by atoms with Gasteiger partial charge < -0.3 is 24.3 Å². The lowest BCUT2D eigenvalue weighted by molar-refractivity contribution is -0.127. The van der Waals surface area contributed by atoms with Crippen LogP contribution in [0.5, 0.6) is 0 Å². The average Bonchev–Trinajstić information content (AvgIpc) is 2.52. The van der Waals surface area contributed by atoms with Gasteiger partial charge in [0.2, 0.25) is 5.91 Å². The highest BCUT2D eigenvalue weighted by atomic mass is 16.5. The average molecular weight is 319 g/mol. The van der Waals surface area contributed by atoms with Crippen molar-refractivity contribution in [3.05, 3.63) is 0 Å². The van der Waals surface area contributed by atoms with Crippen LogP contribution < -0.4 is 5.32 Å². The second kappa shape index (κ2) is 16.4. The summed E-state index contributed by atoms with van der Waals surface area (Å²) in [5.41, 5.74) is 0. The highest BCUT2D eigenvalue weighted by Crippen LogP contribution is 1.85. The van der Waals surface area contributed by atoms with Gasteiger partial charge in [0.1, 0.15) is 13.2 Å². The van der Waals surface area contributed by atoms with E-state index in [2.05, 4.69) is 5.32 Å². The Morgan fingerprint density at radius 3 is 2.00 bits per heavy atom. The van der Waals surface area contributed by atoms with Crippen LogP contribution in [0.25, 0.3) is 0 Å². The van der Waals surface area contributed by atoms with Crippen molar-refractivity contribution in [2.45, 2.75) is 26.7 Å². The molecule has 0 aliphatic rings. The van der Waals surface area contributed by atoms with Crippen LogP contribution in [0.3, 0.4) is 0 Å². The Bertz CT molecular complexity index is 285. The van der Waals surface area contributed by atoms with Crippen molar-refractivity contribution in [3.63, 3.8) is 0 Å². The van der Waals surface area contributed by atoms with Gasteiger partial charge in [-0.15, -0.1) is 0 Å². The lowest BCUT2D eigenvalue weighted by atomic mass is 10.3. The number of carbonyl (C=O) groups excluding carboxylic acids is 2. The van der Waals surface area contributed by atoms with Crippen molar-refractivity contribution in [1.29, 1.82) is 0 Å². The number of ether oxygens (including phenoxy) is 4. The molecular weight excluding hydrogens is 290 g/mol. The van der Waals surface area contributed by atoms with Gasteiger partial charge in [-0.25, -0.2) is 0 Å². The number of amides is 1. The molecule has 0 saturated heterocycles. The Hall–Kier alpha value is -1.02. The molecule has 0 saturated carbocycles. The first kappa shape index (κ1) is 21.0. The summed E-state index contributed by atoms with van der Waals surface area (Å²) in [5.74, 6) is -0.101. The summed E-state index contributed by atoms with van der Waals surface area (Å²) in [6, 6.07) is 0. The molecule has 0 radical (unpaired) electrons. The maximum absolute atomic E-state index is 11.4. The molecule has 1 amide bonds. The number of nitrogens with one attached hydrogen (secondary N) is 1. The first-order chi connectivity index (χ1) is 10.7. The lowest BCUT2D eigenvalue weighted by Crippen LogP contribution is -2.31. The number of Topliss-reactive ketones (excluding diaryl/α,β-unsaturated/α-hetero) is 1. The summed E-state index contributed by atoms with van der Waals surface area (Å²) in [4.78, 5) is 22.3. The molecule has 0 aliphatic heterocycles. The third-order valence-corrected chi connectivity index (χ3v) is 2.55. The molecule has 0 fully saturated rings. The van der Waals surface area contributed by atoms with Crippen molar-refractivity contribution >= 4 is 11.7 Å². The van der Waals surface area contributed by atoms with Gasteiger partial charge in [0, 0.05) is 19.6 Å². The molecule has 7 heteroatoms. The molecule has 0 rings (SSSR count). The monoisotopic (exact) mass is 319 g/mol. The van der Waals surface area contributed by atoms with Crippen LogP contribution in [0, 0.1) is 0 Å². The maximum Gasteiger partial charge on any atom is 0.246 e. The van der Waals surface area contributed by atoms with Gasteiger partial charge in [0.15, 0.2) is 5.78 Å². The van der Waals surface area contributed by atoms with Gasteiger partial charge in [0.05, 0.1) is 33.0 Å². The fraction of sp³-hybridized carbons (Fsp3) is 0.867. The molecule has 0 unspecified atom stereocenters. The van der Waals surface area contributed by atoms with E-state index in [9.17, 15) is 9.59 Å². The van der Waals surface area contributed by atoms with Crippen molar-refractivity contribution in [1.82, 2.24) is 5.32 Å². The van der Waals surface area contributed by atoms with Crippen LogP contribution in [-0.4, -0.2) is 71.1 Å². The fourth-order valence-corrected chi connectivity index (χ4v) is 1.35. The predicted molar refractivity (Wildman–Crippen MR) is 81.9 cm³/mol. The standard InChI is InChI=1S/C15H29NO6/c1-3-6-19-8-11-22-13-15(18)16-5-7-20-9-10-21-12-14(17)4-2/h3-13H2,1-2H3,(H,16,18). The molecule has 0 aromatic carbocycles. The van der Waals surface area contributed by atoms with Crippen LogP contribution in [0.2, 0.25) is 0 Å².